The Labute approximate surface area is 183 Å². The highest BCUT2D eigenvalue weighted by Crippen LogP contribution is 2.34. The molecule has 2 aromatic carbocycles. The van der Waals surface area contributed by atoms with Crippen molar-refractivity contribution in [1.82, 2.24) is 25.1 Å². The number of hydrogen-bond acceptors (Lipinski definition) is 5. The molecule has 0 saturated heterocycles. The quantitative estimate of drug-likeness (QED) is 0.378. The first-order valence-electron chi connectivity index (χ1n) is 10.2. The summed E-state index contributed by atoms with van der Waals surface area (Å²) in [4.78, 5) is 12.7. The standard InChI is InChI=1S/C25H19N5O2/c1-14-3-5-19(16-7-8-32-13-16)23-22(14)27-25(28-23)24-20-10-15(4-6-21(20)29-30-24)17-9-18(31-2)12-26-11-17/h3-13H,1-2H3,(H,27,28)(H,29,30). The molecule has 0 radical (unpaired) electrons. The molecule has 4 heterocycles. The number of aromatic nitrogens is 5. The fraction of sp³-hybridized carbons (Fsp3) is 0.0800. The summed E-state index contributed by atoms with van der Waals surface area (Å²) in [6.07, 6.45) is 6.93. The van der Waals surface area contributed by atoms with Crippen molar-refractivity contribution >= 4 is 21.9 Å². The molecule has 6 aromatic rings. The molecule has 4 aromatic heterocycles. The van der Waals surface area contributed by atoms with Gasteiger partial charge in [-0.1, -0.05) is 18.2 Å². The summed E-state index contributed by atoms with van der Waals surface area (Å²) >= 11 is 0. The van der Waals surface area contributed by atoms with E-state index in [0.29, 0.717) is 5.82 Å². The number of nitrogens with one attached hydrogen (secondary N) is 2. The van der Waals surface area contributed by atoms with Crippen LogP contribution in [-0.2, 0) is 0 Å². The zero-order valence-corrected chi connectivity index (χ0v) is 17.5. The van der Waals surface area contributed by atoms with E-state index in [-0.39, 0.29) is 0 Å². The van der Waals surface area contributed by atoms with E-state index in [1.165, 1.54) is 0 Å². The Kier molecular flexibility index (Phi) is 4.07. The Hall–Kier alpha value is -4.39. The normalized spacial score (nSPS) is 11.4. The number of imidazole rings is 1. The molecule has 0 amide bonds. The molecule has 0 aliphatic carbocycles. The Morgan fingerprint density at radius 1 is 0.969 bits per heavy atom. The zero-order chi connectivity index (χ0) is 21.7. The lowest BCUT2D eigenvalue weighted by atomic mass is 10.0. The summed E-state index contributed by atoms with van der Waals surface area (Å²) in [5, 5.41) is 8.68. The molecule has 0 fully saturated rings. The predicted octanol–water partition coefficient (Wildman–Crippen LogP) is 5.75. The van der Waals surface area contributed by atoms with Gasteiger partial charge in [-0.3, -0.25) is 10.1 Å². The fourth-order valence-electron chi connectivity index (χ4n) is 4.06. The number of pyridine rings is 1. The van der Waals surface area contributed by atoms with Gasteiger partial charge in [0.2, 0.25) is 0 Å². The first-order valence-corrected chi connectivity index (χ1v) is 10.2. The minimum atomic E-state index is 0.714. The molecule has 2 N–H and O–H groups in total. The Morgan fingerprint density at radius 3 is 2.75 bits per heavy atom. The van der Waals surface area contributed by atoms with E-state index >= 15 is 0 Å². The van der Waals surface area contributed by atoms with E-state index in [1.807, 2.05) is 30.5 Å². The van der Waals surface area contributed by atoms with Gasteiger partial charge in [0.05, 0.1) is 42.4 Å². The van der Waals surface area contributed by atoms with E-state index in [2.05, 4.69) is 45.3 Å². The van der Waals surface area contributed by atoms with Crippen LogP contribution in [0.15, 0.2) is 71.8 Å². The monoisotopic (exact) mass is 421 g/mol. The molecule has 0 unspecified atom stereocenters. The summed E-state index contributed by atoms with van der Waals surface area (Å²) in [6, 6.07) is 14.2. The summed E-state index contributed by atoms with van der Waals surface area (Å²) in [5.41, 5.74) is 8.73. The molecule has 6 rings (SSSR count). The average molecular weight is 421 g/mol. The van der Waals surface area contributed by atoms with Crippen LogP contribution in [-0.4, -0.2) is 32.3 Å². The van der Waals surface area contributed by atoms with Crippen molar-refractivity contribution in [2.75, 3.05) is 7.11 Å². The number of furan rings is 1. The van der Waals surface area contributed by atoms with E-state index < -0.39 is 0 Å². The third-order valence-corrected chi connectivity index (χ3v) is 5.75. The van der Waals surface area contributed by atoms with Crippen molar-refractivity contribution in [2.24, 2.45) is 0 Å². The zero-order valence-electron chi connectivity index (χ0n) is 17.5. The molecule has 0 aliphatic heterocycles. The summed E-state index contributed by atoms with van der Waals surface area (Å²) in [7, 11) is 1.64. The van der Waals surface area contributed by atoms with Crippen LogP contribution in [0, 0.1) is 6.92 Å². The predicted molar refractivity (Wildman–Crippen MR) is 123 cm³/mol. The highest BCUT2D eigenvalue weighted by Gasteiger charge is 2.17. The largest absolute Gasteiger partial charge is 0.495 e. The van der Waals surface area contributed by atoms with Crippen molar-refractivity contribution in [3.8, 4) is 39.5 Å². The molecular weight excluding hydrogens is 402 g/mol. The van der Waals surface area contributed by atoms with Gasteiger partial charge in [-0.2, -0.15) is 5.10 Å². The summed E-state index contributed by atoms with van der Waals surface area (Å²) in [6.45, 7) is 2.06. The van der Waals surface area contributed by atoms with Gasteiger partial charge in [-0.25, -0.2) is 4.98 Å². The second-order valence-corrected chi connectivity index (χ2v) is 7.70. The number of ether oxygens (including phenoxy) is 1. The maximum Gasteiger partial charge on any atom is 0.159 e. The van der Waals surface area contributed by atoms with Gasteiger partial charge < -0.3 is 14.1 Å². The van der Waals surface area contributed by atoms with Crippen molar-refractivity contribution in [2.45, 2.75) is 6.92 Å². The van der Waals surface area contributed by atoms with Gasteiger partial charge >= 0.3 is 0 Å². The number of fused-ring (bicyclic) bond motifs is 2. The molecule has 0 aliphatic rings. The Balaban J connectivity index is 1.52. The number of benzene rings is 2. The van der Waals surface area contributed by atoms with E-state index in [4.69, 9.17) is 14.1 Å². The van der Waals surface area contributed by atoms with Crippen LogP contribution in [0.4, 0.5) is 0 Å². The first kappa shape index (κ1) is 18.4. The van der Waals surface area contributed by atoms with Crippen molar-refractivity contribution in [3.63, 3.8) is 0 Å². The van der Waals surface area contributed by atoms with E-state index in [1.54, 1.807) is 25.8 Å². The number of methoxy groups -OCH3 is 1. The van der Waals surface area contributed by atoms with Gasteiger partial charge in [0.1, 0.15) is 11.4 Å². The lowest BCUT2D eigenvalue weighted by Crippen LogP contribution is -1.86. The number of hydrogen-bond donors (Lipinski definition) is 2. The third kappa shape index (κ3) is 2.86. The number of rotatable bonds is 4. The van der Waals surface area contributed by atoms with Crippen LogP contribution in [0.2, 0.25) is 0 Å². The molecule has 0 atom stereocenters. The van der Waals surface area contributed by atoms with Gasteiger partial charge in [-0.15, -0.1) is 0 Å². The number of nitrogens with zero attached hydrogens (tertiary/aromatic N) is 3. The first-order chi connectivity index (χ1) is 15.7. The number of H-pyrrole nitrogens is 2. The van der Waals surface area contributed by atoms with E-state index in [9.17, 15) is 0 Å². The minimum Gasteiger partial charge on any atom is -0.495 e. The van der Waals surface area contributed by atoms with Crippen molar-refractivity contribution in [1.29, 1.82) is 0 Å². The van der Waals surface area contributed by atoms with Crippen LogP contribution in [0.3, 0.4) is 0 Å². The SMILES string of the molecule is COc1cncc(-c2ccc3[nH]nc(-c4nc5c(C)ccc(-c6ccoc6)c5[nH]4)c3c2)c1. The molecule has 7 heteroatoms. The molecule has 0 bridgehead atoms. The second-order valence-electron chi connectivity index (χ2n) is 7.70. The highest BCUT2D eigenvalue weighted by atomic mass is 16.5. The Morgan fingerprint density at radius 2 is 1.91 bits per heavy atom. The van der Waals surface area contributed by atoms with E-state index in [0.717, 1.165) is 61.2 Å². The van der Waals surface area contributed by atoms with Crippen molar-refractivity contribution in [3.05, 3.63) is 72.9 Å². The number of aryl methyl sites for hydroxylation is 1. The lowest BCUT2D eigenvalue weighted by molar-refractivity contribution is 0.413. The molecule has 0 saturated carbocycles. The van der Waals surface area contributed by atoms with Crippen molar-refractivity contribution < 1.29 is 9.15 Å². The van der Waals surface area contributed by atoms with Crippen LogP contribution < -0.4 is 4.74 Å². The fourth-order valence-corrected chi connectivity index (χ4v) is 4.06. The maximum absolute atomic E-state index is 5.33. The van der Waals surface area contributed by atoms with Gasteiger partial charge in [0.15, 0.2) is 5.82 Å². The topological polar surface area (TPSA) is 92.6 Å². The smallest absolute Gasteiger partial charge is 0.159 e. The minimum absolute atomic E-state index is 0.714. The van der Waals surface area contributed by atoms with Gasteiger partial charge in [0.25, 0.3) is 0 Å². The van der Waals surface area contributed by atoms with Gasteiger partial charge in [-0.05, 0) is 42.3 Å². The number of aromatic amines is 2. The molecule has 7 nitrogen and oxygen atoms in total. The highest BCUT2D eigenvalue weighted by molar-refractivity contribution is 5.99. The second kappa shape index (κ2) is 7.09. The van der Waals surface area contributed by atoms with Crippen LogP contribution >= 0.6 is 0 Å². The third-order valence-electron chi connectivity index (χ3n) is 5.75. The van der Waals surface area contributed by atoms with Crippen LogP contribution in [0.1, 0.15) is 5.56 Å². The van der Waals surface area contributed by atoms with Crippen LogP contribution in [0.5, 0.6) is 5.75 Å². The summed E-state index contributed by atoms with van der Waals surface area (Å²) < 4.78 is 10.6. The molecule has 156 valence electrons. The average Bonchev–Trinajstić information content (AvgIpc) is 3.58. The Bertz CT molecular complexity index is 1580. The maximum atomic E-state index is 5.33. The lowest BCUT2D eigenvalue weighted by Gasteiger charge is -2.04. The van der Waals surface area contributed by atoms with Crippen LogP contribution in [0.25, 0.3) is 55.7 Å². The molecular formula is C25H19N5O2. The summed E-state index contributed by atoms with van der Waals surface area (Å²) in [5.74, 6) is 1.43. The molecule has 0 spiro atoms. The molecule has 32 heavy (non-hydrogen) atoms. The van der Waals surface area contributed by atoms with Gasteiger partial charge in [0, 0.05) is 28.3 Å².